The lowest BCUT2D eigenvalue weighted by Gasteiger charge is -2.24. The number of aliphatic carboxylic acids is 1. The summed E-state index contributed by atoms with van der Waals surface area (Å²) in [6.45, 7) is 6.11. The first-order valence-corrected chi connectivity index (χ1v) is 6.10. The molecule has 0 saturated heterocycles. The fraction of sp³-hybridized carbons (Fsp3) is 0.500. The zero-order chi connectivity index (χ0) is 13.0. The maximum Gasteiger partial charge on any atom is 0.317 e. The molecule has 0 amide bonds. The van der Waals surface area contributed by atoms with Gasteiger partial charge in [0.25, 0.3) is 0 Å². The third-order valence-electron chi connectivity index (χ3n) is 2.52. The van der Waals surface area contributed by atoms with E-state index in [0.29, 0.717) is 6.54 Å². The highest BCUT2D eigenvalue weighted by atomic mass is 32.1. The van der Waals surface area contributed by atoms with Crippen LogP contribution in [-0.4, -0.2) is 34.0 Å². The molecule has 0 saturated carbocycles. The Bertz CT molecular complexity index is 448. The van der Waals surface area contributed by atoms with Crippen LogP contribution in [0.1, 0.15) is 28.5 Å². The minimum atomic E-state index is -0.878. The molecule has 0 spiro atoms. The van der Waals surface area contributed by atoms with Crippen LogP contribution in [0.2, 0.25) is 0 Å². The molecular formula is C12H16N2O2S. The molecule has 92 valence electrons. The molecule has 1 aromatic rings. The number of carbonyl (C=O) groups is 1. The van der Waals surface area contributed by atoms with Gasteiger partial charge >= 0.3 is 5.97 Å². The fourth-order valence-electron chi connectivity index (χ4n) is 1.73. The molecule has 1 aromatic heterocycles. The predicted octanol–water partition coefficient (Wildman–Crippen LogP) is 1.84. The van der Waals surface area contributed by atoms with E-state index in [9.17, 15) is 4.79 Å². The van der Waals surface area contributed by atoms with Gasteiger partial charge < -0.3 is 5.11 Å². The Kier molecular flexibility index (Phi) is 4.67. The highest BCUT2D eigenvalue weighted by Crippen LogP contribution is 2.26. The van der Waals surface area contributed by atoms with E-state index in [4.69, 9.17) is 11.5 Å². The summed E-state index contributed by atoms with van der Waals surface area (Å²) in [7, 11) is 0. The van der Waals surface area contributed by atoms with Gasteiger partial charge in [-0.2, -0.15) is 0 Å². The largest absolute Gasteiger partial charge is 0.480 e. The van der Waals surface area contributed by atoms with E-state index in [2.05, 4.69) is 10.9 Å². The lowest BCUT2D eigenvalue weighted by atomic mass is 10.2. The van der Waals surface area contributed by atoms with Crippen molar-refractivity contribution in [3.8, 4) is 12.3 Å². The third-order valence-corrected chi connectivity index (χ3v) is 3.42. The topological polar surface area (TPSA) is 53.4 Å². The third kappa shape index (κ3) is 3.55. The molecule has 0 aromatic carbocycles. The molecule has 0 aliphatic heterocycles. The SMILES string of the molecule is C#CCN(CC(=O)O)C(C)c1nc(C)sc1C. The smallest absolute Gasteiger partial charge is 0.317 e. The maximum atomic E-state index is 10.8. The van der Waals surface area contributed by atoms with Crippen molar-refractivity contribution in [3.05, 3.63) is 15.6 Å². The van der Waals surface area contributed by atoms with Gasteiger partial charge in [0.05, 0.1) is 29.8 Å². The van der Waals surface area contributed by atoms with E-state index >= 15 is 0 Å². The van der Waals surface area contributed by atoms with Gasteiger partial charge in [-0.15, -0.1) is 17.8 Å². The van der Waals surface area contributed by atoms with Crippen molar-refractivity contribution in [2.75, 3.05) is 13.1 Å². The first kappa shape index (κ1) is 13.7. The zero-order valence-electron chi connectivity index (χ0n) is 10.2. The van der Waals surface area contributed by atoms with E-state index in [1.54, 1.807) is 16.2 Å². The monoisotopic (exact) mass is 252 g/mol. The summed E-state index contributed by atoms with van der Waals surface area (Å²) in [6, 6.07) is -0.0768. The molecule has 0 radical (unpaired) electrons. The predicted molar refractivity (Wildman–Crippen MR) is 68.0 cm³/mol. The molecule has 1 rings (SSSR count). The Balaban J connectivity index is 2.91. The molecule has 4 nitrogen and oxygen atoms in total. The highest BCUT2D eigenvalue weighted by Gasteiger charge is 2.21. The molecule has 0 aliphatic rings. The van der Waals surface area contributed by atoms with Crippen LogP contribution in [0, 0.1) is 26.2 Å². The van der Waals surface area contributed by atoms with Crippen molar-refractivity contribution in [1.29, 1.82) is 0 Å². The number of rotatable bonds is 5. The number of carboxylic acids is 1. The normalized spacial score (nSPS) is 12.4. The van der Waals surface area contributed by atoms with Crippen molar-refractivity contribution in [3.63, 3.8) is 0 Å². The van der Waals surface area contributed by atoms with E-state index in [-0.39, 0.29) is 12.6 Å². The molecular weight excluding hydrogens is 236 g/mol. The summed E-state index contributed by atoms with van der Waals surface area (Å²) in [5.74, 6) is 1.61. The lowest BCUT2D eigenvalue weighted by molar-refractivity contribution is -0.138. The maximum absolute atomic E-state index is 10.8. The molecule has 0 bridgehead atoms. The van der Waals surface area contributed by atoms with Crippen LogP contribution in [0.25, 0.3) is 0 Å². The van der Waals surface area contributed by atoms with E-state index < -0.39 is 5.97 Å². The standard InChI is InChI=1S/C12H16N2O2S/c1-5-6-14(7-11(15)16)8(2)12-9(3)17-10(4)13-12/h1,8H,6-7H2,2-4H3,(H,15,16). The Labute approximate surface area is 105 Å². The van der Waals surface area contributed by atoms with Gasteiger partial charge in [0.1, 0.15) is 0 Å². The van der Waals surface area contributed by atoms with Crippen LogP contribution in [-0.2, 0) is 4.79 Å². The first-order valence-electron chi connectivity index (χ1n) is 5.29. The number of aryl methyl sites for hydroxylation is 2. The van der Waals surface area contributed by atoms with Gasteiger partial charge in [0.2, 0.25) is 0 Å². The molecule has 1 heterocycles. The van der Waals surface area contributed by atoms with Gasteiger partial charge in [-0.25, -0.2) is 4.98 Å². The summed E-state index contributed by atoms with van der Waals surface area (Å²) >= 11 is 1.62. The summed E-state index contributed by atoms with van der Waals surface area (Å²) < 4.78 is 0. The quantitative estimate of drug-likeness (QED) is 0.812. The number of hydrogen-bond acceptors (Lipinski definition) is 4. The van der Waals surface area contributed by atoms with Crippen LogP contribution in [0.15, 0.2) is 0 Å². The molecule has 1 unspecified atom stereocenters. The van der Waals surface area contributed by atoms with Gasteiger partial charge in [-0.1, -0.05) is 5.92 Å². The second-order valence-electron chi connectivity index (χ2n) is 3.85. The lowest BCUT2D eigenvalue weighted by Crippen LogP contribution is -2.33. The molecule has 5 heteroatoms. The molecule has 17 heavy (non-hydrogen) atoms. The second kappa shape index (κ2) is 5.80. The summed E-state index contributed by atoms with van der Waals surface area (Å²) in [5.41, 5.74) is 0.920. The second-order valence-corrected chi connectivity index (χ2v) is 5.26. The molecule has 1 N–H and O–H groups in total. The summed E-state index contributed by atoms with van der Waals surface area (Å²) in [5, 5.41) is 9.84. The van der Waals surface area contributed by atoms with Crippen LogP contribution >= 0.6 is 11.3 Å². The van der Waals surface area contributed by atoms with Crippen molar-refractivity contribution in [2.45, 2.75) is 26.8 Å². The molecule has 0 aliphatic carbocycles. The Morgan fingerprint density at radius 2 is 2.29 bits per heavy atom. The number of thiazole rings is 1. The minimum absolute atomic E-state index is 0.0681. The summed E-state index contributed by atoms with van der Waals surface area (Å²) in [4.78, 5) is 18.1. The Morgan fingerprint density at radius 1 is 1.65 bits per heavy atom. The van der Waals surface area contributed by atoms with Crippen LogP contribution in [0.3, 0.4) is 0 Å². The highest BCUT2D eigenvalue weighted by molar-refractivity contribution is 7.11. The van der Waals surface area contributed by atoms with E-state index in [0.717, 1.165) is 15.6 Å². The minimum Gasteiger partial charge on any atom is -0.480 e. The Morgan fingerprint density at radius 3 is 2.71 bits per heavy atom. The van der Waals surface area contributed by atoms with Crippen molar-refractivity contribution >= 4 is 17.3 Å². The molecule has 0 fully saturated rings. The average Bonchev–Trinajstić information content (AvgIpc) is 2.55. The van der Waals surface area contributed by atoms with Gasteiger partial charge in [0, 0.05) is 4.88 Å². The number of terminal acetylenes is 1. The van der Waals surface area contributed by atoms with Gasteiger partial charge in [-0.3, -0.25) is 9.69 Å². The van der Waals surface area contributed by atoms with Crippen LogP contribution < -0.4 is 0 Å². The molecule has 1 atom stereocenters. The fourth-order valence-corrected chi connectivity index (χ4v) is 2.63. The van der Waals surface area contributed by atoms with Crippen LogP contribution in [0.5, 0.6) is 0 Å². The summed E-state index contributed by atoms with van der Waals surface area (Å²) in [6.07, 6.45) is 5.26. The average molecular weight is 252 g/mol. The first-order chi connectivity index (χ1) is 7.95. The van der Waals surface area contributed by atoms with Gasteiger partial charge in [-0.05, 0) is 20.8 Å². The van der Waals surface area contributed by atoms with Crippen molar-refractivity contribution in [2.24, 2.45) is 0 Å². The number of aromatic nitrogens is 1. The van der Waals surface area contributed by atoms with Gasteiger partial charge in [0.15, 0.2) is 0 Å². The number of carboxylic acid groups (broad SMARTS) is 1. The zero-order valence-corrected chi connectivity index (χ0v) is 11.0. The number of hydrogen-bond donors (Lipinski definition) is 1. The van der Waals surface area contributed by atoms with Crippen molar-refractivity contribution in [1.82, 2.24) is 9.88 Å². The van der Waals surface area contributed by atoms with Crippen LogP contribution in [0.4, 0.5) is 0 Å². The van der Waals surface area contributed by atoms with E-state index in [1.165, 1.54) is 0 Å². The Hall–Kier alpha value is -1.38. The number of nitrogens with zero attached hydrogens (tertiary/aromatic N) is 2. The van der Waals surface area contributed by atoms with E-state index in [1.807, 2.05) is 20.8 Å². The van der Waals surface area contributed by atoms with Crippen molar-refractivity contribution < 1.29 is 9.90 Å².